The van der Waals surface area contributed by atoms with Crippen LogP contribution in [0, 0.1) is 0 Å². The molecule has 0 aliphatic carbocycles. The number of halogens is 3. The van der Waals surface area contributed by atoms with Crippen LogP contribution in [-0.4, -0.2) is 4.98 Å². The summed E-state index contributed by atoms with van der Waals surface area (Å²) in [6.07, 6.45) is -3.17. The number of nitrogens with zero attached hydrogens (tertiary/aromatic N) is 1. The average Bonchev–Trinajstić information content (AvgIpc) is 2.03. The Labute approximate surface area is 79.4 Å². The molecule has 0 bridgehead atoms. The summed E-state index contributed by atoms with van der Waals surface area (Å²) in [4.78, 5) is 3.30. The standard InChI is InChI=1S/C8H8F3NS/c1-5(13)6-2-3-7(12-4-6)8(9,10)11/h2-5,13H,1H3/t5-/m1/s1. The average molecular weight is 207 g/mol. The van der Waals surface area contributed by atoms with E-state index in [4.69, 9.17) is 0 Å². The lowest BCUT2D eigenvalue weighted by atomic mass is 10.2. The number of hydrogen-bond acceptors (Lipinski definition) is 2. The maximum atomic E-state index is 12.0. The van der Waals surface area contributed by atoms with Crippen molar-refractivity contribution in [1.82, 2.24) is 4.98 Å². The topological polar surface area (TPSA) is 12.9 Å². The molecule has 0 fully saturated rings. The first-order valence-electron chi connectivity index (χ1n) is 3.62. The fourth-order valence-corrected chi connectivity index (χ4v) is 0.973. The summed E-state index contributed by atoms with van der Waals surface area (Å²) in [6.45, 7) is 1.77. The Morgan fingerprint density at radius 1 is 1.38 bits per heavy atom. The molecule has 0 radical (unpaired) electrons. The van der Waals surface area contributed by atoms with Gasteiger partial charge in [-0.25, -0.2) is 0 Å². The van der Waals surface area contributed by atoms with Crippen molar-refractivity contribution < 1.29 is 13.2 Å². The van der Waals surface area contributed by atoms with Crippen LogP contribution in [0.4, 0.5) is 13.2 Å². The Balaban J connectivity index is 2.94. The van der Waals surface area contributed by atoms with Crippen molar-refractivity contribution in [3.05, 3.63) is 29.6 Å². The van der Waals surface area contributed by atoms with Gasteiger partial charge >= 0.3 is 6.18 Å². The quantitative estimate of drug-likeness (QED) is 0.698. The van der Waals surface area contributed by atoms with Crippen LogP contribution >= 0.6 is 12.6 Å². The van der Waals surface area contributed by atoms with Gasteiger partial charge in [0.15, 0.2) is 0 Å². The van der Waals surface area contributed by atoms with E-state index < -0.39 is 11.9 Å². The molecule has 0 unspecified atom stereocenters. The highest BCUT2D eigenvalue weighted by molar-refractivity contribution is 7.80. The number of thiol groups is 1. The molecule has 1 atom stereocenters. The van der Waals surface area contributed by atoms with Crippen LogP contribution in [0.1, 0.15) is 23.4 Å². The first kappa shape index (κ1) is 10.4. The van der Waals surface area contributed by atoms with Crippen LogP contribution in [-0.2, 0) is 6.18 Å². The molecule has 13 heavy (non-hydrogen) atoms. The number of alkyl halides is 3. The van der Waals surface area contributed by atoms with Crippen molar-refractivity contribution in [2.24, 2.45) is 0 Å². The maximum Gasteiger partial charge on any atom is 0.433 e. The molecule has 1 heterocycles. The summed E-state index contributed by atoms with van der Waals surface area (Å²) < 4.78 is 36.1. The number of aromatic nitrogens is 1. The summed E-state index contributed by atoms with van der Waals surface area (Å²) in [5.41, 5.74) is -0.193. The number of rotatable bonds is 1. The molecule has 0 N–H and O–H groups in total. The second kappa shape index (κ2) is 3.57. The summed E-state index contributed by atoms with van der Waals surface area (Å²) >= 11 is 4.07. The Morgan fingerprint density at radius 2 is 2.00 bits per heavy atom. The fraction of sp³-hybridized carbons (Fsp3) is 0.375. The van der Waals surface area contributed by atoms with Gasteiger partial charge in [-0.1, -0.05) is 6.07 Å². The van der Waals surface area contributed by atoms with Gasteiger partial charge in [-0.05, 0) is 18.6 Å². The summed E-state index contributed by atoms with van der Waals surface area (Å²) in [6, 6.07) is 2.34. The molecular formula is C8H8F3NS. The van der Waals surface area contributed by atoms with E-state index in [1.54, 1.807) is 6.92 Å². The van der Waals surface area contributed by atoms with E-state index in [1.807, 2.05) is 0 Å². The first-order valence-corrected chi connectivity index (χ1v) is 4.14. The molecular weight excluding hydrogens is 199 g/mol. The highest BCUT2D eigenvalue weighted by atomic mass is 32.1. The van der Waals surface area contributed by atoms with Gasteiger partial charge in [-0.2, -0.15) is 25.8 Å². The Hall–Kier alpha value is -0.710. The van der Waals surface area contributed by atoms with E-state index in [1.165, 1.54) is 12.3 Å². The molecule has 0 aromatic carbocycles. The lowest BCUT2D eigenvalue weighted by molar-refractivity contribution is -0.141. The minimum absolute atomic E-state index is 0.102. The Morgan fingerprint density at radius 3 is 2.31 bits per heavy atom. The molecule has 0 aliphatic heterocycles. The summed E-state index contributed by atoms with van der Waals surface area (Å²) in [5, 5.41) is -0.102. The number of hydrogen-bond donors (Lipinski definition) is 1. The van der Waals surface area contributed by atoms with E-state index in [-0.39, 0.29) is 5.25 Å². The highest BCUT2D eigenvalue weighted by Gasteiger charge is 2.32. The zero-order chi connectivity index (χ0) is 10.1. The zero-order valence-electron chi connectivity index (χ0n) is 6.84. The molecule has 5 heteroatoms. The van der Waals surface area contributed by atoms with Crippen molar-refractivity contribution in [2.45, 2.75) is 18.3 Å². The zero-order valence-corrected chi connectivity index (χ0v) is 7.73. The lowest BCUT2D eigenvalue weighted by Crippen LogP contribution is -2.07. The smallest absolute Gasteiger partial charge is 0.251 e. The fourth-order valence-electron chi connectivity index (χ4n) is 0.820. The third-order valence-corrected chi connectivity index (χ3v) is 1.86. The molecule has 0 amide bonds. The largest absolute Gasteiger partial charge is 0.433 e. The Kier molecular flexibility index (Phi) is 2.85. The maximum absolute atomic E-state index is 12.0. The van der Waals surface area contributed by atoms with Gasteiger partial charge in [0.1, 0.15) is 5.69 Å². The second-order valence-corrected chi connectivity index (χ2v) is 3.43. The van der Waals surface area contributed by atoms with Crippen LogP contribution in [0.2, 0.25) is 0 Å². The van der Waals surface area contributed by atoms with Gasteiger partial charge < -0.3 is 0 Å². The normalized spacial score (nSPS) is 14.2. The van der Waals surface area contributed by atoms with Gasteiger partial charge in [0.25, 0.3) is 0 Å². The van der Waals surface area contributed by atoms with Gasteiger partial charge in [-0.3, -0.25) is 4.98 Å². The van der Waals surface area contributed by atoms with E-state index >= 15 is 0 Å². The summed E-state index contributed by atoms with van der Waals surface area (Å²) in [7, 11) is 0. The van der Waals surface area contributed by atoms with Crippen molar-refractivity contribution in [1.29, 1.82) is 0 Å². The molecule has 1 aromatic rings. The molecule has 72 valence electrons. The van der Waals surface area contributed by atoms with E-state index in [0.717, 1.165) is 6.07 Å². The van der Waals surface area contributed by atoms with Crippen LogP contribution < -0.4 is 0 Å². The van der Waals surface area contributed by atoms with E-state index in [2.05, 4.69) is 17.6 Å². The minimum Gasteiger partial charge on any atom is -0.251 e. The second-order valence-electron chi connectivity index (χ2n) is 2.65. The first-order chi connectivity index (χ1) is 5.91. The molecule has 0 spiro atoms. The predicted octanol–water partition coefficient (Wildman–Crippen LogP) is 3.09. The van der Waals surface area contributed by atoms with Crippen molar-refractivity contribution in [2.75, 3.05) is 0 Å². The molecule has 0 saturated carbocycles. The van der Waals surface area contributed by atoms with Crippen molar-refractivity contribution in [3.8, 4) is 0 Å². The third kappa shape index (κ3) is 2.62. The molecule has 1 rings (SSSR count). The van der Waals surface area contributed by atoms with Crippen LogP contribution in [0.3, 0.4) is 0 Å². The highest BCUT2D eigenvalue weighted by Crippen LogP contribution is 2.28. The van der Waals surface area contributed by atoms with Gasteiger partial charge in [-0.15, -0.1) is 0 Å². The summed E-state index contributed by atoms with van der Waals surface area (Å²) in [5.74, 6) is 0. The van der Waals surface area contributed by atoms with Crippen molar-refractivity contribution in [3.63, 3.8) is 0 Å². The molecule has 1 aromatic heterocycles. The van der Waals surface area contributed by atoms with E-state index in [0.29, 0.717) is 5.56 Å². The van der Waals surface area contributed by atoms with Crippen LogP contribution in [0.5, 0.6) is 0 Å². The van der Waals surface area contributed by atoms with Gasteiger partial charge in [0, 0.05) is 11.4 Å². The molecule has 0 aliphatic rings. The van der Waals surface area contributed by atoms with Gasteiger partial charge in [0.2, 0.25) is 0 Å². The SMILES string of the molecule is C[C@@H](S)c1ccc(C(F)(F)F)nc1. The number of pyridine rings is 1. The molecule has 1 nitrogen and oxygen atoms in total. The van der Waals surface area contributed by atoms with Crippen LogP contribution in [0.15, 0.2) is 18.3 Å². The lowest BCUT2D eigenvalue weighted by Gasteiger charge is -2.07. The Bertz CT molecular complexity index is 278. The molecule has 0 saturated heterocycles. The van der Waals surface area contributed by atoms with E-state index in [9.17, 15) is 13.2 Å². The monoisotopic (exact) mass is 207 g/mol. The third-order valence-electron chi connectivity index (χ3n) is 1.56. The predicted molar refractivity (Wildman–Crippen MR) is 46.6 cm³/mol. The van der Waals surface area contributed by atoms with Crippen LogP contribution in [0.25, 0.3) is 0 Å². The minimum atomic E-state index is -4.36. The van der Waals surface area contributed by atoms with Gasteiger partial charge in [0.05, 0.1) is 0 Å². The van der Waals surface area contributed by atoms with Crippen molar-refractivity contribution >= 4 is 12.6 Å².